The molecule has 0 fully saturated rings. The number of ether oxygens (including phenoxy) is 1. The van der Waals surface area contributed by atoms with Gasteiger partial charge in [0, 0.05) is 36.9 Å². The van der Waals surface area contributed by atoms with Crippen molar-refractivity contribution in [3.63, 3.8) is 0 Å². The number of pyridine rings is 1. The monoisotopic (exact) mass is 482 g/mol. The smallest absolute Gasteiger partial charge is 0.324 e. The van der Waals surface area contributed by atoms with Crippen LogP contribution in [0.5, 0.6) is 5.75 Å². The zero-order chi connectivity index (χ0) is 24.2. The summed E-state index contributed by atoms with van der Waals surface area (Å²) in [4.78, 5) is 35.1. The van der Waals surface area contributed by atoms with Crippen LogP contribution in [0, 0.1) is 11.3 Å². The molecule has 0 atom stereocenters. The Balaban J connectivity index is 1.40. The van der Waals surface area contributed by atoms with Gasteiger partial charge in [0.05, 0.1) is 29.9 Å². The maximum Gasteiger partial charge on any atom is 0.324 e. The molecule has 0 spiro atoms. The van der Waals surface area contributed by atoms with E-state index in [0.29, 0.717) is 54.6 Å². The highest BCUT2D eigenvalue weighted by atomic mass is 35.5. The van der Waals surface area contributed by atoms with Crippen LogP contribution >= 0.6 is 11.6 Å². The summed E-state index contributed by atoms with van der Waals surface area (Å²) in [6.07, 6.45) is 5.93. The Kier molecular flexibility index (Phi) is 9.07. The van der Waals surface area contributed by atoms with E-state index in [1.807, 2.05) is 6.07 Å². The molecule has 12 heteroatoms. The van der Waals surface area contributed by atoms with Crippen LogP contribution in [0.2, 0.25) is 5.02 Å². The summed E-state index contributed by atoms with van der Waals surface area (Å²) >= 11 is 6.06. The van der Waals surface area contributed by atoms with E-state index in [-0.39, 0.29) is 11.8 Å². The molecule has 0 bridgehead atoms. The third kappa shape index (κ3) is 7.99. The predicted octanol–water partition coefficient (Wildman–Crippen LogP) is 3.28. The molecule has 0 unspecified atom stereocenters. The number of carbonyl (C=O) groups excluding carboxylic acids is 2. The zero-order valence-corrected chi connectivity index (χ0v) is 18.9. The number of benzene rings is 1. The summed E-state index contributed by atoms with van der Waals surface area (Å²) in [5, 5.41) is 20.0. The minimum Gasteiger partial charge on any atom is -0.491 e. The van der Waals surface area contributed by atoms with Crippen LogP contribution in [-0.4, -0.2) is 46.7 Å². The van der Waals surface area contributed by atoms with E-state index in [4.69, 9.17) is 21.6 Å². The second-order valence-corrected chi connectivity index (χ2v) is 7.40. The highest BCUT2D eigenvalue weighted by molar-refractivity contribution is 6.31. The van der Waals surface area contributed by atoms with Crippen molar-refractivity contribution in [3.05, 3.63) is 65.3 Å². The van der Waals surface area contributed by atoms with Crippen molar-refractivity contribution in [2.75, 3.05) is 30.3 Å². The molecule has 176 valence electrons. The number of nitrogens with one attached hydrogen (secondary N) is 5. The van der Waals surface area contributed by atoms with E-state index in [0.717, 1.165) is 5.69 Å². The summed E-state index contributed by atoms with van der Waals surface area (Å²) in [6.45, 7) is 1.20. The Morgan fingerprint density at radius 3 is 2.68 bits per heavy atom. The third-order valence-electron chi connectivity index (χ3n) is 4.41. The molecular weight excluding hydrogens is 460 g/mol. The molecule has 2 heterocycles. The lowest BCUT2D eigenvalue weighted by Crippen LogP contribution is -2.37. The molecular formula is C22H23ClN8O3. The minimum atomic E-state index is -0.544. The fourth-order valence-electron chi connectivity index (χ4n) is 2.78. The fraction of sp³-hybridized carbons (Fsp3) is 0.227. The van der Waals surface area contributed by atoms with Crippen LogP contribution < -0.4 is 26.0 Å². The highest BCUT2D eigenvalue weighted by Gasteiger charge is 2.10. The normalized spacial score (nSPS) is 10.1. The first-order chi connectivity index (χ1) is 16.5. The van der Waals surface area contributed by atoms with Crippen molar-refractivity contribution >= 4 is 35.2 Å². The van der Waals surface area contributed by atoms with Gasteiger partial charge in [-0.1, -0.05) is 11.6 Å². The second-order valence-electron chi connectivity index (χ2n) is 6.96. The molecule has 0 saturated heterocycles. The number of urea groups is 2. The molecule has 0 saturated carbocycles. The highest BCUT2D eigenvalue weighted by Crippen LogP contribution is 2.28. The molecule has 11 nitrogen and oxygen atoms in total. The molecule has 5 N–H and O–H groups in total. The number of anilines is 2. The number of hydrogen-bond donors (Lipinski definition) is 5. The quantitative estimate of drug-likeness (QED) is 0.279. The largest absolute Gasteiger partial charge is 0.491 e. The van der Waals surface area contributed by atoms with Crippen LogP contribution in [0.4, 0.5) is 21.1 Å². The van der Waals surface area contributed by atoms with Gasteiger partial charge in [0.2, 0.25) is 0 Å². The summed E-state index contributed by atoms with van der Waals surface area (Å²) in [7, 11) is 0. The number of imidazole rings is 1. The van der Waals surface area contributed by atoms with E-state index in [1.54, 1.807) is 36.8 Å². The van der Waals surface area contributed by atoms with Crippen LogP contribution in [0.15, 0.2) is 49.1 Å². The van der Waals surface area contributed by atoms with Gasteiger partial charge < -0.3 is 25.7 Å². The molecule has 4 amide bonds. The maximum absolute atomic E-state index is 12.3. The first kappa shape index (κ1) is 24.3. The Labute approximate surface area is 200 Å². The summed E-state index contributed by atoms with van der Waals surface area (Å²) in [6, 6.07) is 9.07. The van der Waals surface area contributed by atoms with Crippen LogP contribution in [0.3, 0.4) is 0 Å². The summed E-state index contributed by atoms with van der Waals surface area (Å²) in [5.41, 5.74) is 1.64. The molecule has 3 aromatic rings. The van der Waals surface area contributed by atoms with Crippen molar-refractivity contribution in [1.29, 1.82) is 5.26 Å². The number of carbonyl (C=O) groups is 2. The fourth-order valence-corrected chi connectivity index (χ4v) is 2.95. The minimum absolute atomic E-state index is 0.266. The Morgan fingerprint density at radius 2 is 1.94 bits per heavy atom. The molecule has 2 aromatic heterocycles. The van der Waals surface area contributed by atoms with Crippen molar-refractivity contribution in [3.8, 4) is 11.8 Å². The van der Waals surface area contributed by atoms with Gasteiger partial charge in [-0.15, -0.1) is 0 Å². The van der Waals surface area contributed by atoms with E-state index in [2.05, 4.69) is 36.2 Å². The number of halogens is 1. The van der Waals surface area contributed by atoms with Gasteiger partial charge in [0.1, 0.15) is 17.6 Å². The molecule has 3 rings (SSSR count). The predicted molar refractivity (Wildman–Crippen MR) is 127 cm³/mol. The van der Waals surface area contributed by atoms with Gasteiger partial charge in [-0.25, -0.2) is 19.6 Å². The molecule has 0 radical (unpaired) electrons. The van der Waals surface area contributed by atoms with Crippen molar-refractivity contribution < 1.29 is 14.3 Å². The van der Waals surface area contributed by atoms with Gasteiger partial charge in [-0.3, -0.25) is 5.32 Å². The lowest BCUT2D eigenvalue weighted by Gasteiger charge is -2.14. The molecule has 34 heavy (non-hydrogen) atoms. The van der Waals surface area contributed by atoms with Gasteiger partial charge in [0.25, 0.3) is 0 Å². The number of nitrogens with zero attached hydrogens (tertiary/aromatic N) is 3. The SMILES string of the molecule is N#Cc1ccc(NC(=O)Nc2cc(Cl)ccc2OCCCNC(=O)NCCc2c[nH]cn2)nc1. The first-order valence-corrected chi connectivity index (χ1v) is 10.8. The lowest BCUT2D eigenvalue weighted by atomic mass is 10.3. The molecule has 0 aliphatic rings. The van der Waals surface area contributed by atoms with Crippen LogP contribution in [0.1, 0.15) is 17.7 Å². The average molecular weight is 483 g/mol. The summed E-state index contributed by atoms with van der Waals surface area (Å²) < 4.78 is 5.75. The van der Waals surface area contributed by atoms with Crippen LogP contribution in [0.25, 0.3) is 0 Å². The van der Waals surface area contributed by atoms with Crippen molar-refractivity contribution in [2.45, 2.75) is 12.8 Å². The molecule has 0 aliphatic heterocycles. The van der Waals surface area contributed by atoms with E-state index >= 15 is 0 Å². The zero-order valence-electron chi connectivity index (χ0n) is 18.1. The Morgan fingerprint density at radius 1 is 1.09 bits per heavy atom. The standard InChI is InChI=1S/C22H23ClN8O3/c23-16-3-4-19(18(10-16)30-22(33)31-20-5-2-15(11-24)12-28-20)34-9-1-7-26-21(32)27-8-6-17-13-25-14-29-17/h2-5,10,12-14H,1,6-9H2,(H,25,29)(H2,26,27,32)(H2,28,30,31,33). The Bertz CT molecular complexity index is 1130. The second kappa shape index (κ2) is 12.7. The number of aromatic amines is 1. The van der Waals surface area contributed by atoms with Crippen LogP contribution in [-0.2, 0) is 6.42 Å². The van der Waals surface area contributed by atoms with Crippen molar-refractivity contribution in [2.24, 2.45) is 0 Å². The van der Waals surface area contributed by atoms with E-state index < -0.39 is 6.03 Å². The Hall–Kier alpha value is -4.30. The van der Waals surface area contributed by atoms with Gasteiger partial charge >= 0.3 is 12.1 Å². The van der Waals surface area contributed by atoms with Crippen molar-refractivity contribution in [1.82, 2.24) is 25.6 Å². The number of nitriles is 1. The number of hydrogen-bond acceptors (Lipinski definition) is 6. The van der Waals surface area contributed by atoms with Gasteiger partial charge in [-0.05, 0) is 36.8 Å². The lowest BCUT2D eigenvalue weighted by molar-refractivity contribution is 0.239. The van der Waals surface area contributed by atoms with E-state index in [9.17, 15) is 9.59 Å². The number of amides is 4. The van der Waals surface area contributed by atoms with Gasteiger partial charge in [0.15, 0.2) is 0 Å². The first-order valence-electron chi connectivity index (χ1n) is 10.4. The maximum atomic E-state index is 12.3. The number of H-pyrrole nitrogens is 1. The topological polar surface area (TPSA) is 157 Å². The third-order valence-corrected chi connectivity index (χ3v) is 4.64. The molecule has 1 aromatic carbocycles. The number of aromatic nitrogens is 3. The number of rotatable bonds is 10. The molecule has 0 aliphatic carbocycles. The summed E-state index contributed by atoms with van der Waals surface area (Å²) in [5.74, 6) is 0.713. The van der Waals surface area contributed by atoms with Gasteiger partial charge in [-0.2, -0.15) is 5.26 Å². The average Bonchev–Trinajstić information content (AvgIpc) is 3.34. The van der Waals surface area contributed by atoms with E-state index in [1.165, 1.54) is 12.3 Å².